The Morgan fingerprint density at radius 2 is 1.62 bits per heavy atom. The van der Waals surface area contributed by atoms with Crippen molar-refractivity contribution in [3.63, 3.8) is 0 Å². The van der Waals surface area contributed by atoms with E-state index in [1.807, 2.05) is 51.5 Å². The zero-order valence-corrected chi connectivity index (χ0v) is 22.2. The summed E-state index contributed by atoms with van der Waals surface area (Å²) in [7, 11) is 1.95. The average molecular weight is 497 g/mol. The normalized spacial score (nSPS) is 17.2. The Morgan fingerprint density at radius 3 is 2.38 bits per heavy atom. The van der Waals surface area contributed by atoms with E-state index in [2.05, 4.69) is 36.9 Å². The number of hydrogen-bond donors (Lipinski definition) is 0. The minimum atomic E-state index is 0.0249. The number of aromatic nitrogens is 2. The van der Waals surface area contributed by atoms with Crippen LogP contribution in [0.25, 0.3) is 21.8 Å². The molecule has 0 unspecified atom stereocenters. The zero-order valence-electron chi connectivity index (χ0n) is 22.2. The van der Waals surface area contributed by atoms with Crippen molar-refractivity contribution < 1.29 is 4.79 Å². The molecule has 3 heterocycles. The molecule has 1 amide bonds. The van der Waals surface area contributed by atoms with Gasteiger partial charge in [-0.3, -0.25) is 9.59 Å². The fraction of sp³-hybridized carbons (Fsp3) is 0.419. The summed E-state index contributed by atoms with van der Waals surface area (Å²) in [6.07, 6.45) is 7.38. The Kier molecular flexibility index (Phi) is 6.06. The second kappa shape index (κ2) is 9.40. The molecule has 0 N–H and O–H groups in total. The van der Waals surface area contributed by atoms with Crippen LogP contribution in [-0.2, 0) is 7.05 Å². The molecule has 6 heteroatoms. The maximum absolute atomic E-state index is 14.2. The molecule has 192 valence electrons. The second-order valence-electron chi connectivity index (χ2n) is 10.8. The first-order valence-corrected chi connectivity index (χ1v) is 13.7. The molecule has 2 aromatic heterocycles. The summed E-state index contributed by atoms with van der Waals surface area (Å²) in [5.74, 6) is 0.0338. The van der Waals surface area contributed by atoms with Crippen LogP contribution in [0, 0.1) is 13.8 Å². The zero-order chi connectivity index (χ0) is 25.7. The number of carbonyl (C=O) groups is 1. The Hall–Kier alpha value is -3.54. The molecule has 2 aromatic carbocycles. The Bertz CT molecular complexity index is 1550. The number of nitrogens with zero attached hydrogens (tertiary/aromatic N) is 4. The van der Waals surface area contributed by atoms with Crippen LogP contribution >= 0.6 is 0 Å². The van der Waals surface area contributed by atoms with Crippen LogP contribution in [0.5, 0.6) is 0 Å². The van der Waals surface area contributed by atoms with Gasteiger partial charge in [0.15, 0.2) is 0 Å². The molecule has 6 rings (SSSR count). The van der Waals surface area contributed by atoms with Crippen LogP contribution in [0.3, 0.4) is 0 Å². The van der Waals surface area contributed by atoms with Crippen LogP contribution < -0.4 is 10.5 Å². The number of aryl methyl sites for hydroxylation is 2. The fourth-order valence-electron chi connectivity index (χ4n) is 6.49. The summed E-state index contributed by atoms with van der Waals surface area (Å²) in [4.78, 5) is 32.4. The summed E-state index contributed by atoms with van der Waals surface area (Å²) in [5.41, 5.74) is 6.18. The smallest absolute Gasteiger partial charge is 0.275 e. The summed E-state index contributed by atoms with van der Waals surface area (Å²) >= 11 is 0. The molecule has 4 aromatic rings. The first-order valence-electron chi connectivity index (χ1n) is 13.7. The minimum absolute atomic E-state index is 0.0249. The average Bonchev–Trinajstić information content (AvgIpc) is 3.24. The highest BCUT2D eigenvalue weighted by atomic mass is 16.2. The van der Waals surface area contributed by atoms with Gasteiger partial charge in [0.25, 0.3) is 11.5 Å². The monoisotopic (exact) mass is 496 g/mol. The molecule has 2 fully saturated rings. The van der Waals surface area contributed by atoms with E-state index in [1.54, 1.807) is 0 Å². The molecule has 0 spiro atoms. The molecule has 0 atom stereocenters. The highest BCUT2D eigenvalue weighted by molar-refractivity contribution is 6.17. The van der Waals surface area contributed by atoms with E-state index >= 15 is 0 Å². The maximum Gasteiger partial charge on any atom is 0.275 e. The molecule has 1 aliphatic carbocycles. The molecule has 37 heavy (non-hydrogen) atoms. The van der Waals surface area contributed by atoms with Gasteiger partial charge in [0, 0.05) is 67.4 Å². The van der Waals surface area contributed by atoms with Gasteiger partial charge in [0.05, 0.1) is 5.56 Å². The first-order chi connectivity index (χ1) is 18.0. The molecule has 0 bridgehead atoms. The fourth-order valence-corrected chi connectivity index (χ4v) is 6.49. The van der Waals surface area contributed by atoms with Crippen molar-refractivity contribution in [2.24, 2.45) is 7.05 Å². The molecule has 1 saturated heterocycles. The molecule has 1 saturated carbocycles. The quantitative estimate of drug-likeness (QED) is 0.372. The third kappa shape index (κ3) is 3.94. The number of pyridine rings is 1. The number of amides is 1. The van der Waals surface area contributed by atoms with Crippen molar-refractivity contribution in [2.75, 3.05) is 31.1 Å². The lowest BCUT2D eigenvalue weighted by molar-refractivity contribution is 0.0747. The van der Waals surface area contributed by atoms with Crippen LogP contribution in [0.2, 0.25) is 0 Å². The maximum atomic E-state index is 14.2. The summed E-state index contributed by atoms with van der Waals surface area (Å²) in [6.45, 7) is 7.26. The van der Waals surface area contributed by atoms with E-state index in [-0.39, 0.29) is 17.5 Å². The van der Waals surface area contributed by atoms with Gasteiger partial charge >= 0.3 is 0 Å². The van der Waals surface area contributed by atoms with Gasteiger partial charge in [-0.2, -0.15) is 0 Å². The lowest BCUT2D eigenvalue weighted by Crippen LogP contribution is -2.49. The molecule has 0 radical (unpaired) electrons. The SMILES string of the molecule is Cc1cccc(N2CCN(C(=O)c3cn(C4CCCCC4)c(=O)c4c3c3ccccc3n4C)CC2)c1C. The number of para-hydroxylation sites is 1. The van der Waals surface area contributed by atoms with E-state index in [9.17, 15) is 9.59 Å². The van der Waals surface area contributed by atoms with Gasteiger partial charge < -0.3 is 18.9 Å². The second-order valence-corrected chi connectivity index (χ2v) is 10.8. The van der Waals surface area contributed by atoms with Crippen molar-refractivity contribution >= 4 is 33.4 Å². The predicted octanol–water partition coefficient (Wildman–Crippen LogP) is 5.58. The number of carbonyl (C=O) groups excluding carboxylic acids is 1. The largest absolute Gasteiger partial charge is 0.368 e. The lowest BCUT2D eigenvalue weighted by atomic mass is 9.94. The molecule has 1 aliphatic heterocycles. The molecular formula is C31H36N4O2. The summed E-state index contributed by atoms with van der Waals surface area (Å²) < 4.78 is 3.88. The predicted molar refractivity (Wildman–Crippen MR) is 151 cm³/mol. The van der Waals surface area contributed by atoms with Gasteiger partial charge in [-0.15, -0.1) is 0 Å². The Labute approximate surface area is 218 Å². The third-order valence-electron chi connectivity index (χ3n) is 8.76. The highest BCUT2D eigenvalue weighted by Gasteiger charge is 2.29. The highest BCUT2D eigenvalue weighted by Crippen LogP contribution is 2.33. The molecular weight excluding hydrogens is 460 g/mol. The number of anilines is 1. The Morgan fingerprint density at radius 1 is 0.892 bits per heavy atom. The van der Waals surface area contributed by atoms with Gasteiger partial charge in [-0.05, 0) is 49.9 Å². The Balaban J connectivity index is 1.40. The van der Waals surface area contributed by atoms with E-state index < -0.39 is 0 Å². The van der Waals surface area contributed by atoms with E-state index in [0.29, 0.717) is 24.2 Å². The number of rotatable bonds is 3. The van der Waals surface area contributed by atoms with Crippen LogP contribution in [-0.4, -0.2) is 46.1 Å². The van der Waals surface area contributed by atoms with Gasteiger partial charge in [-0.25, -0.2) is 0 Å². The number of hydrogen-bond acceptors (Lipinski definition) is 3. The van der Waals surface area contributed by atoms with Crippen LogP contribution in [0.4, 0.5) is 5.69 Å². The third-order valence-corrected chi connectivity index (χ3v) is 8.76. The van der Waals surface area contributed by atoms with Crippen molar-refractivity contribution in [3.8, 4) is 0 Å². The van der Waals surface area contributed by atoms with Gasteiger partial charge in [-0.1, -0.05) is 49.6 Å². The standard InChI is InChI=1S/C31H36N4O2/c1-21-10-9-15-26(22(21)2)33-16-18-34(19-17-33)30(36)25-20-35(23-11-5-4-6-12-23)31(37)29-28(25)24-13-7-8-14-27(24)32(29)3/h7-10,13-15,20,23H,4-6,11-12,16-19H2,1-3H3. The van der Waals surface area contributed by atoms with Crippen molar-refractivity contribution in [1.82, 2.24) is 14.0 Å². The topological polar surface area (TPSA) is 50.5 Å². The van der Waals surface area contributed by atoms with Crippen LogP contribution in [0.15, 0.2) is 53.5 Å². The van der Waals surface area contributed by atoms with E-state index in [0.717, 1.165) is 55.1 Å². The molecule has 2 aliphatic rings. The van der Waals surface area contributed by atoms with Crippen molar-refractivity contribution in [3.05, 3.63) is 75.7 Å². The number of fused-ring (bicyclic) bond motifs is 3. The van der Waals surface area contributed by atoms with Crippen molar-refractivity contribution in [2.45, 2.75) is 52.0 Å². The first kappa shape index (κ1) is 23.8. The van der Waals surface area contributed by atoms with Crippen LogP contribution in [0.1, 0.15) is 59.6 Å². The summed E-state index contributed by atoms with van der Waals surface area (Å²) in [6, 6.07) is 14.7. The minimum Gasteiger partial charge on any atom is -0.368 e. The molecule has 6 nitrogen and oxygen atoms in total. The number of benzene rings is 2. The summed E-state index contributed by atoms with van der Waals surface area (Å²) in [5, 5.41) is 1.78. The van der Waals surface area contributed by atoms with Gasteiger partial charge in [0.2, 0.25) is 0 Å². The number of piperazine rings is 1. The van der Waals surface area contributed by atoms with Crippen molar-refractivity contribution in [1.29, 1.82) is 0 Å². The van der Waals surface area contributed by atoms with E-state index in [4.69, 9.17) is 0 Å². The van der Waals surface area contributed by atoms with Gasteiger partial charge in [0.1, 0.15) is 5.52 Å². The lowest BCUT2D eigenvalue weighted by Gasteiger charge is -2.37. The van der Waals surface area contributed by atoms with E-state index in [1.165, 1.54) is 23.2 Å².